The Hall–Kier alpha value is -2.16. The molecule has 124 valence electrons. The summed E-state index contributed by atoms with van der Waals surface area (Å²) in [5.41, 5.74) is 5.12. The van der Waals surface area contributed by atoms with Crippen LogP contribution in [0.15, 0.2) is 48.7 Å². The van der Waals surface area contributed by atoms with Gasteiger partial charge in [-0.25, -0.2) is 9.97 Å². The van der Waals surface area contributed by atoms with Crippen molar-refractivity contribution < 1.29 is 0 Å². The molecular weight excluding hydrogens is 351 g/mol. The van der Waals surface area contributed by atoms with Crippen molar-refractivity contribution in [3.8, 4) is 0 Å². The summed E-state index contributed by atoms with van der Waals surface area (Å²) in [4.78, 5) is 8.93. The highest BCUT2D eigenvalue weighted by atomic mass is 35.5. The maximum Gasteiger partial charge on any atom is 0.159 e. The molecule has 0 fully saturated rings. The predicted molar refractivity (Wildman–Crippen MR) is 106 cm³/mol. The summed E-state index contributed by atoms with van der Waals surface area (Å²) in [6.07, 6.45) is 2.54. The summed E-state index contributed by atoms with van der Waals surface area (Å²) in [7, 11) is 0. The Morgan fingerprint density at radius 3 is 2.60 bits per heavy atom. The molecule has 2 heterocycles. The van der Waals surface area contributed by atoms with Crippen LogP contribution < -0.4 is 0 Å². The molecule has 0 aliphatic rings. The Morgan fingerprint density at radius 2 is 1.76 bits per heavy atom. The second-order valence-corrected chi connectivity index (χ2v) is 7.17. The lowest BCUT2D eigenvalue weighted by molar-refractivity contribution is 1.09. The van der Waals surface area contributed by atoms with Crippen molar-refractivity contribution in [2.75, 3.05) is 0 Å². The molecule has 2 aromatic heterocycles. The predicted octanol–water partition coefficient (Wildman–Crippen LogP) is 6.30. The van der Waals surface area contributed by atoms with Crippen molar-refractivity contribution in [1.82, 2.24) is 9.97 Å². The zero-order chi connectivity index (χ0) is 17.6. The number of benzene rings is 2. The molecule has 0 bridgehead atoms. The van der Waals surface area contributed by atoms with Gasteiger partial charge in [-0.05, 0) is 78.7 Å². The first kappa shape index (κ1) is 16.3. The van der Waals surface area contributed by atoms with E-state index < -0.39 is 0 Å². The van der Waals surface area contributed by atoms with Gasteiger partial charge in [0.1, 0.15) is 0 Å². The van der Waals surface area contributed by atoms with Crippen molar-refractivity contribution in [3.05, 3.63) is 81.1 Å². The van der Waals surface area contributed by atoms with E-state index >= 15 is 0 Å². The molecule has 0 atom stereocenters. The van der Waals surface area contributed by atoms with Gasteiger partial charge in [0.25, 0.3) is 0 Å². The molecule has 0 saturated carbocycles. The van der Waals surface area contributed by atoms with Gasteiger partial charge in [0.05, 0.1) is 0 Å². The number of aromatic nitrogens is 2. The number of rotatable bonds is 2. The Kier molecular flexibility index (Phi) is 4.10. The minimum atomic E-state index is 0.750. The number of hydrogen-bond acceptors (Lipinski definition) is 2. The van der Waals surface area contributed by atoms with E-state index in [9.17, 15) is 0 Å². The van der Waals surface area contributed by atoms with E-state index in [1.54, 1.807) is 6.20 Å². The zero-order valence-electron chi connectivity index (χ0n) is 14.0. The second-order valence-electron chi connectivity index (χ2n) is 6.36. The van der Waals surface area contributed by atoms with Gasteiger partial charge < -0.3 is 0 Å². The van der Waals surface area contributed by atoms with E-state index in [4.69, 9.17) is 23.2 Å². The van der Waals surface area contributed by atoms with Crippen molar-refractivity contribution in [1.29, 1.82) is 0 Å². The topological polar surface area (TPSA) is 25.8 Å². The molecular formula is C21H16Cl2N2. The minimum Gasteiger partial charge on any atom is -0.237 e. The summed E-state index contributed by atoms with van der Waals surface area (Å²) < 4.78 is 0. The molecule has 2 aromatic carbocycles. The summed E-state index contributed by atoms with van der Waals surface area (Å²) in [6.45, 7) is 4.01. The lowest BCUT2D eigenvalue weighted by atomic mass is 9.99. The van der Waals surface area contributed by atoms with E-state index in [0.717, 1.165) is 55.1 Å². The first-order valence-electron chi connectivity index (χ1n) is 8.11. The highest BCUT2D eigenvalue weighted by molar-refractivity contribution is 6.36. The summed E-state index contributed by atoms with van der Waals surface area (Å²) in [6, 6.07) is 14.3. The van der Waals surface area contributed by atoms with Gasteiger partial charge in [-0.1, -0.05) is 29.3 Å². The highest BCUT2D eigenvalue weighted by Gasteiger charge is 2.09. The van der Waals surface area contributed by atoms with E-state index in [1.165, 1.54) is 5.56 Å². The van der Waals surface area contributed by atoms with Crippen LogP contribution in [0.5, 0.6) is 0 Å². The van der Waals surface area contributed by atoms with Crippen LogP contribution in [0.2, 0.25) is 10.0 Å². The first-order chi connectivity index (χ1) is 12.0. The standard InChI is InChI=1S/C21H16Cl2N2/c1-12-6-18-17(11-19(12)22)8-14(9-20(18)23)7-16-10-15-4-3-5-24-21(15)25-13(16)2/h3-6,8-11H,7H2,1-2H3. The average Bonchev–Trinajstić information content (AvgIpc) is 2.57. The van der Waals surface area contributed by atoms with Crippen molar-refractivity contribution >= 4 is 45.0 Å². The number of hydrogen-bond donors (Lipinski definition) is 0. The molecule has 0 radical (unpaired) electrons. The number of aryl methyl sites for hydroxylation is 2. The Morgan fingerprint density at radius 1 is 0.920 bits per heavy atom. The molecule has 0 saturated heterocycles. The van der Waals surface area contributed by atoms with E-state index in [0.29, 0.717) is 0 Å². The van der Waals surface area contributed by atoms with Crippen molar-refractivity contribution in [2.45, 2.75) is 20.3 Å². The van der Waals surface area contributed by atoms with Crippen LogP contribution in [-0.2, 0) is 6.42 Å². The summed E-state index contributed by atoms with van der Waals surface area (Å²) in [5.74, 6) is 0. The van der Waals surface area contributed by atoms with E-state index in [2.05, 4.69) is 22.1 Å². The van der Waals surface area contributed by atoms with Gasteiger partial charge in [-0.15, -0.1) is 0 Å². The highest BCUT2D eigenvalue weighted by Crippen LogP contribution is 2.31. The Balaban J connectivity index is 1.80. The van der Waals surface area contributed by atoms with Gasteiger partial charge in [0, 0.05) is 32.7 Å². The van der Waals surface area contributed by atoms with Gasteiger partial charge >= 0.3 is 0 Å². The average molecular weight is 367 g/mol. The Labute approximate surface area is 156 Å². The van der Waals surface area contributed by atoms with Gasteiger partial charge in [-0.2, -0.15) is 0 Å². The van der Waals surface area contributed by atoms with Crippen LogP contribution in [-0.4, -0.2) is 9.97 Å². The third-order valence-electron chi connectivity index (χ3n) is 4.52. The molecule has 0 unspecified atom stereocenters. The number of pyridine rings is 2. The van der Waals surface area contributed by atoms with Crippen LogP contribution >= 0.6 is 23.2 Å². The summed E-state index contributed by atoms with van der Waals surface area (Å²) in [5, 5.41) is 4.65. The first-order valence-corrected chi connectivity index (χ1v) is 8.86. The monoisotopic (exact) mass is 366 g/mol. The van der Waals surface area contributed by atoms with Crippen LogP contribution in [0, 0.1) is 13.8 Å². The molecule has 0 aliphatic carbocycles. The number of halogens is 2. The quantitative estimate of drug-likeness (QED) is 0.416. The van der Waals surface area contributed by atoms with Crippen LogP contribution in [0.25, 0.3) is 21.8 Å². The van der Waals surface area contributed by atoms with E-state index in [-0.39, 0.29) is 0 Å². The number of nitrogens with zero attached hydrogens (tertiary/aromatic N) is 2. The second kappa shape index (κ2) is 6.29. The smallest absolute Gasteiger partial charge is 0.159 e. The van der Waals surface area contributed by atoms with Gasteiger partial charge in [0.15, 0.2) is 5.65 Å². The van der Waals surface area contributed by atoms with Gasteiger partial charge in [-0.3, -0.25) is 0 Å². The largest absolute Gasteiger partial charge is 0.237 e. The minimum absolute atomic E-state index is 0.750. The molecule has 0 spiro atoms. The zero-order valence-corrected chi connectivity index (χ0v) is 15.5. The van der Waals surface area contributed by atoms with Crippen LogP contribution in [0.1, 0.15) is 22.4 Å². The fourth-order valence-electron chi connectivity index (χ4n) is 3.14. The SMILES string of the molecule is Cc1cc2c(Cl)cc(Cc3cc4cccnc4nc3C)cc2cc1Cl. The summed E-state index contributed by atoms with van der Waals surface area (Å²) >= 11 is 12.8. The fraction of sp³-hybridized carbons (Fsp3) is 0.143. The fourth-order valence-corrected chi connectivity index (χ4v) is 3.62. The van der Waals surface area contributed by atoms with Gasteiger partial charge in [0.2, 0.25) is 0 Å². The van der Waals surface area contributed by atoms with Crippen LogP contribution in [0.4, 0.5) is 0 Å². The molecule has 4 aromatic rings. The molecule has 0 amide bonds. The van der Waals surface area contributed by atoms with Crippen molar-refractivity contribution in [2.24, 2.45) is 0 Å². The third-order valence-corrected chi connectivity index (χ3v) is 5.24. The molecule has 0 N–H and O–H groups in total. The lowest BCUT2D eigenvalue weighted by Gasteiger charge is -2.10. The maximum atomic E-state index is 6.52. The number of fused-ring (bicyclic) bond motifs is 2. The molecule has 0 aliphatic heterocycles. The molecule has 25 heavy (non-hydrogen) atoms. The van der Waals surface area contributed by atoms with Crippen LogP contribution in [0.3, 0.4) is 0 Å². The van der Waals surface area contributed by atoms with E-state index in [1.807, 2.05) is 44.2 Å². The third kappa shape index (κ3) is 3.08. The lowest BCUT2D eigenvalue weighted by Crippen LogP contribution is -1.97. The molecule has 2 nitrogen and oxygen atoms in total. The molecule has 4 heteroatoms. The normalized spacial score (nSPS) is 11.4. The Bertz CT molecular complexity index is 1120. The van der Waals surface area contributed by atoms with Crippen molar-refractivity contribution in [3.63, 3.8) is 0 Å². The molecule has 4 rings (SSSR count). The maximum absolute atomic E-state index is 6.52.